The number of benzene rings is 2. The monoisotopic (exact) mass is 348 g/mol. The molecule has 5 heteroatoms. The van der Waals surface area contributed by atoms with Crippen LogP contribution in [-0.2, 0) is 11.2 Å². The predicted molar refractivity (Wildman–Crippen MR) is 101 cm³/mol. The number of nitrogens with two attached hydrogens (primary N) is 1. The Bertz CT molecular complexity index is 678. The van der Waals surface area contributed by atoms with Crippen molar-refractivity contribution in [3.8, 4) is 0 Å². The highest BCUT2D eigenvalue weighted by Crippen LogP contribution is 2.33. The fraction of sp³-hybridized carbons (Fsp3) is 0.278. The molecule has 1 atom stereocenters. The Labute approximate surface area is 147 Å². The van der Waals surface area contributed by atoms with Crippen molar-refractivity contribution in [2.45, 2.75) is 29.9 Å². The Morgan fingerprint density at radius 1 is 1.17 bits per heavy atom. The molecule has 1 aliphatic rings. The van der Waals surface area contributed by atoms with Crippen LogP contribution in [0.1, 0.15) is 18.9 Å². The van der Waals surface area contributed by atoms with Gasteiger partial charge in [-0.15, -0.1) is 24.2 Å². The Balaban J connectivity index is 0.00000192. The molecule has 0 spiro atoms. The lowest BCUT2D eigenvalue weighted by atomic mass is 9.99. The standard InChI is InChI=1S/C18H20N2OS.ClH/c1-13(22-14-7-3-2-4-8-14)18(21)20-12-6-9-15-16(19)10-5-11-17(15)20;/h2-5,7-8,10-11,13H,6,9,12,19H2,1H3;1H. The summed E-state index contributed by atoms with van der Waals surface area (Å²) in [4.78, 5) is 15.9. The van der Waals surface area contributed by atoms with E-state index in [4.69, 9.17) is 5.73 Å². The van der Waals surface area contributed by atoms with Crippen LogP contribution in [0.4, 0.5) is 11.4 Å². The number of nitrogen functional groups attached to an aromatic ring is 1. The average molecular weight is 349 g/mol. The number of fused-ring (bicyclic) bond motifs is 1. The number of nitrogens with zero attached hydrogens (tertiary/aromatic N) is 1. The van der Waals surface area contributed by atoms with Crippen LogP contribution >= 0.6 is 24.2 Å². The van der Waals surface area contributed by atoms with E-state index in [1.807, 2.05) is 60.4 Å². The van der Waals surface area contributed by atoms with Gasteiger partial charge in [-0.2, -0.15) is 0 Å². The molecule has 2 aromatic rings. The van der Waals surface area contributed by atoms with E-state index >= 15 is 0 Å². The van der Waals surface area contributed by atoms with Gasteiger partial charge in [0.05, 0.1) is 5.25 Å². The minimum absolute atomic E-state index is 0. The highest BCUT2D eigenvalue weighted by molar-refractivity contribution is 8.00. The zero-order valence-corrected chi connectivity index (χ0v) is 14.7. The first kappa shape index (κ1) is 17.7. The Hall–Kier alpha value is -1.65. The number of amides is 1. The summed E-state index contributed by atoms with van der Waals surface area (Å²) in [5.74, 6) is 0.153. The van der Waals surface area contributed by atoms with Gasteiger partial charge in [0.25, 0.3) is 0 Å². The minimum Gasteiger partial charge on any atom is -0.398 e. The van der Waals surface area contributed by atoms with Gasteiger partial charge < -0.3 is 10.6 Å². The lowest BCUT2D eigenvalue weighted by molar-refractivity contribution is -0.117. The topological polar surface area (TPSA) is 46.3 Å². The second kappa shape index (κ2) is 7.75. The Morgan fingerprint density at radius 2 is 1.91 bits per heavy atom. The summed E-state index contributed by atoms with van der Waals surface area (Å²) in [5, 5.41) is -0.116. The van der Waals surface area contributed by atoms with Crippen LogP contribution in [-0.4, -0.2) is 17.7 Å². The van der Waals surface area contributed by atoms with Gasteiger partial charge in [0, 0.05) is 22.8 Å². The molecule has 0 fully saturated rings. The van der Waals surface area contributed by atoms with Gasteiger partial charge in [-0.05, 0) is 49.6 Å². The lowest BCUT2D eigenvalue weighted by Gasteiger charge is -2.32. The maximum atomic E-state index is 12.8. The normalized spacial score (nSPS) is 14.6. The maximum Gasteiger partial charge on any atom is 0.240 e. The highest BCUT2D eigenvalue weighted by atomic mass is 35.5. The molecule has 1 aliphatic heterocycles. The molecule has 23 heavy (non-hydrogen) atoms. The first-order chi connectivity index (χ1) is 10.7. The molecule has 0 bridgehead atoms. The molecule has 0 saturated carbocycles. The summed E-state index contributed by atoms with van der Waals surface area (Å²) in [5.41, 5.74) is 8.94. The van der Waals surface area contributed by atoms with E-state index in [-0.39, 0.29) is 23.6 Å². The quantitative estimate of drug-likeness (QED) is 0.669. The minimum atomic E-state index is -0.116. The zero-order chi connectivity index (χ0) is 15.5. The summed E-state index contributed by atoms with van der Waals surface area (Å²) in [6.45, 7) is 2.75. The molecule has 0 aliphatic carbocycles. The van der Waals surface area contributed by atoms with Crippen LogP contribution in [0.25, 0.3) is 0 Å². The lowest BCUT2D eigenvalue weighted by Crippen LogP contribution is -2.40. The van der Waals surface area contributed by atoms with E-state index in [0.717, 1.165) is 41.2 Å². The second-order valence-corrected chi connectivity index (χ2v) is 6.93. The van der Waals surface area contributed by atoms with E-state index in [2.05, 4.69) is 0 Å². The molecule has 0 radical (unpaired) electrons. The van der Waals surface area contributed by atoms with E-state index in [9.17, 15) is 4.79 Å². The van der Waals surface area contributed by atoms with Crippen molar-refractivity contribution in [1.29, 1.82) is 0 Å². The zero-order valence-electron chi connectivity index (χ0n) is 13.1. The van der Waals surface area contributed by atoms with Gasteiger partial charge in [0.2, 0.25) is 5.91 Å². The number of carbonyl (C=O) groups excluding carboxylic acids is 1. The Morgan fingerprint density at radius 3 is 2.65 bits per heavy atom. The van der Waals surface area contributed by atoms with Gasteiger partial charge in [-0.3, -0.25) is 4.79 Å². The molecule has 0 saturated heterocycles. The molecule has 2 aromatic carbocycles. The van der Waals surface area contributed by atoms with Gasteiger partial charge >= 0.3 is 0 Å². The predicted octanol–water partition coefficient (Wildman–Crippen LogP) is 4.15. The first-order valence-corrected chi connectivity index (χ1v) is 8.45. The Kier molecular flexibility index (Phi) is 5.97. The van der Waals surface area contributed by atoms with Crippen molar-refractivity contribution in [1.82, 2.24) is 0 Å². The van der Waals surface area contributed by atoms with Crippen molar-refractivity contribution in [3.63, 3.8) is 0 Å². The van der Waals surface area contributed by atoms with Crippen molar-refractivity contribution in [2.75, 3.05) is 17.2 Å². The van der Waals surface area contributed by atoms with E-state index in [1.165, 1.54) is 0 Å². The summed E-state index contributed by atoms with van der Waals surface area (Å²) < 4.78 is 0. The average Bonchev–Trinajstić information content (AvgIpc) is 2.55. The van der Waals surface area contributed by atoms with Crippen LogP contribution in [0.15, 0.2) is 53.4 Å². The van der Waals surface area contributed by atoms with E-state index < -0.39 is 0 Å². The number of anilines is 2. The molecular formula is C18H21ClN2OS. The molecule has 3 nitrogen and oxygen atoms in total. The molecule has 0 aromatic heterocycles. The first-order valence-electron chi connectivity index (χ1n) is 7.57. The SMILES string of the molecule is CC(Sc1ccccc1)C(=O)N1CCCc2c(N)cccc21.Cl. The third-order valence-electron chi connectivity index (χ3n) is 3.96. The maximum absolute atomic E-state index is 12.8. The third kappa shape index (κ3) is 3.82. The van der Waals surface area contributed by atoms with Crippen molar-refractivity contribution in [3.05, 3.63) is 54.1 Å². The summed E-state index contributed by atoms with van der Waals surface area (Å²) in [7, 11) is 0. The molecular weight excluding hydrogens is 328 g/mol. The number of rotatable bonds is 3. The highest BCUT2D eigenvalue weighted by Gasteiger charge is 2.27. The van der Waals surface area contributed by atoms with Crippen LogP contribution in [0.2, 0.25) is 0 Å². The summed E-state index contributed by atoms with van der Waals surface area (Å²) >= 11 is 1.60. The number of hydrogen-bond donors (Lipinski definition) is 1. The second-order valence-electron chi connectivity index (χ2n) is 5.51. The number of halogens is 1. The summed E-state index contributed by atoms with van der Waals surface area (Å²) in [6, 6.07) is 15.9. The largest absolute Gasteiger partial charge is 0.398 e. The molecule has 122 valence electrons. The van der Waals surface area contributed by atoms with Gasteiger partial charge in [-0.25, -0.2) is 0 Å². The van der Waals surface area contributed by atoms with Crippen molar-refractivity contribution < 1.29 is 4.79 Å². The van der Waals surface area contributed by atoms with Crippen LogP contribution in [0.3, 0.4) is 0 Å². The van der Waals surface area contributed by atoms with Crippen LogP contribution < -0.4 is 10.6 Å². The molecule has 1 unspecified atom stereocenters. The third-order valence-corrected chi connectivity index (χ3v) is 5.06. The van der Waals surface area contributed by atoms with Crippen LogP contribution in [0.5, 0.6) is 0 Å². The number of hydrogen-bond acceptors (Lipinski definition) is 3. The molecule has 1 amide bonds. The van der Waals surface area contributed by atoms with E-state index in [0.29, 0.717) is 0 Å². The molecule has 3 rings (SSSR count). The number of thioether (sulfide) groups is 1. The fourth-order valence-electron chi connectivity index (χ4n) is 2.85. The fourth-order valence-corrected chi connectivity index (χ4v) is 3.80. The summed E-state index contributed by atoms with van der Waals surface area (Å²) in [6.07, 6.45) is 1.92. The van der Waals surface area contributed by atoms with Gasteiger partial charge in [0.1, 0.15) is 0 Å². The van der Waals surface area contributed by atoms with Crippen molar-refractivity contribution >= 4 is 41.5 Å². The van der Waals surface area contributed by atoms with Gasteiger partial charge in [0.15, 0.2) is 0 Å². The smallest absolute Gasteiger partial charge is 0.240 e. The molecule has 1 heterocycles. The van der Waals surface area contributed by atoms with E-state index in [1.54, 1.807) is 11.8 Å². The van der Waals surface area contributed by atoms with Crippen molar-refractivity contribution in [2.24, 2.45) is 0 Å². The van der Waals surface area contributed by atoms with Gasteiger partial charge in [-0.1, -0.05) is 24.3 Å². The molecule has 2 N–H and O–H groups in total. The van der Waals surface area contributed by atoms with Crippen LogP contribution in [0, 0.1) is 0 Å². The number of carbonyl (C=O) groups is 1.